The molecule has 162 valence electrons. The number of nitrogens with zero attached hydrogens (tertiary/aromatic N) is 4. The molecule has 10 heteroatoms. The van der Waals surface area contributed by atoms with Crippen LogP contribution in [-0.4, -0.2) is 33.2 Å². The first-order valence-electron chi connectivity index (χ1n) is 9.51. The van der Waals surface area contributed by atoms with E-state index in [4.69, 9.17) is 21.1 Å². The van der Waals surface area contributed by atoms with Gasteiger partial charge in [-0.3, -0.25) is 20.1 Å². The average Bonchev–Trinajstić information content (AvgIpc) is 3.26. The quantitative estimate of drug-likeness (QED) is 0.417. The zero-order valence-electron chi connectivity index (χ0n) is 17.2. The number of carbonyl (C=O) groups is 1. The first-order chi connectivity index (χ1) is 15.5. The molecular weight excluding hydrogens is 450 g/mol. The van der Waals surface area contributed by atoms with Gasteiger partial charge in [0.25, 0.3) is 11.1 Å². The SMILES string of the molecule is COc1ccccc1-c1cnc(C)cc1C(=O)Nc1nnc(OCc2ccc(Cl)cn2)s1. The van der Waals surface area contributed by atoms with Crippen molar-refractivity contribution in [1.82, 2.24) is 20.2 Å². The zero-order chi connectivity index (χ0) is 22.5. The molecule has 32 heavy (non-hydrogen) atoms. The normalized spacial score (nSPS) is 10.6. The highest BCUT2D eigenvalue weighted by atomic mass is 35.5. The molecule has 0 aliphatic heterocycles. The number of aromatic nitrogens is 4. The molecular formula is C22H18ClN5O3S. The van der Waals surface area contributed by atoms with Crippen LogP contribution in [0.15, 0.2) is 54.9 Å². The summed E-state index contributed by atoms with van der Waals surface area (Å²) in [5, 5.41) is 11.9. The highest BCUT2D eigenvalue weighted by molar-refractivity contribution is 7.17. The number of rotatable bonds is 7. The smallest absolute Gasteiger partial charge is 0.296 e. The molecule has 0 bridgehead atoms. The summed E-state index contributed by atoms with van der Waals surface area (Å²) in [4.78, 5) is 21.6. The van der Waals surface area contributed by atoms with Crippen LogP contribution in [0.2, 0.25) is 5.02 Å². The lowest BCUT2D eigenvalue weighted by atomic mass is 10.00. The van der Waals surface area contributed by atoms with E-state index in [0.717, 1.165) is 16.9 Å². The Labute approximate surface area is 193 Å². The van der Waals surface area contributed by atoms with Gasteiger partial charge in [-0.25, -0.2) is 0 Å². The van der Waals surface area contributed by atoms with Crippen LogP contribution in [0.5, 0.6) is 10.9 Å². The van der Waals surface area contributed by atoms with E-state index in [1.807, 2.05) is 31.2 Å². The summed E-state index contributed by atoms with van der Waals surface area (Å²) in [6.45, 7) is 2.03. The van der Waals surface area contributed by atoms with Crippen LogP contribution < -0.4 is 14.8 Å². The number of nitrogens with one attached hydrogen (secondary N) is 1. The van der Waals surface area contributed by atoms with E-state index < -0.39 is 0 Å². The molecule has 3 aromatic heterocycles. The first-order valence-corrected chi connectivity index (χ1v) is 10.7. The summed E-state index contributed by atoms with van der Waals surface area (Å²) in [5.74, 6) is 0.313. The molecule has 8 nitrogen and oxygen atoms in total. The van der Waals surface area contributed by atoms with E-state index in [1.54, 1.807) is 37.7 Å². The van der Waals surface area contributed by atoms with E-state index in [0.29, 0.717) is 43.6 Å². The Morgan fingerprint density at radius 3 is 2.72 bits per heavy atom. The standard InChI is InChI=1S/C22H18ClN5O3S/c1-13-9-17(18(11-24-13)16-5-3-4-6-19(16)30-2)20(29)26-21-27-28-22(32-21)31-12-15-8-7-14(23)10-25-15/h3-11H,12H2,1-2H3,(H,26,27,29). The van der Waals surface area contributed by atoms with Gasteiger partial charge in [-0.2, -0.15) is 0 Å². The van der Waals surface area contributed by atoms with Crippen LogP contribution >= 0.6 is 22.9 Å². The van der Waals surface area contributed by atoms with Gasteiger partial charge in [0, 0.05) is 29.2 Å². The fourth-order valence-electron chi connectivity index (χ4n) is 2.94. The Morgan fingerprint density at radius 1 is 1.09 bits per heavy atom. The van der Waals surface area contributed by atoms with E-state index >= 15 is 0 Å². The van der Waals surface area contributed by atoms with Crippen LogP contribution in [0.4, 0.5) is 5.13 Å². The Hall–Kier alpha value is -3.56. The minimum absolute atomic E-state index is 0.210. The monoisotopic (exact) mass is 467 g/mol. The lowest BCUT2D eigenvalue weighted by molar-refractivity contribution is 0.102. The molecule has 0 spiro atoms. The fraction of sp³-hybridized carbons (Fsp3) is 0.136. The molecule has 1 amide bonds. The second kappa shape index (κ2) is 9.71. The highest BCUT2D eigenvalue weighted by Gasteiger charge is 2.18. The van der Waals surface area contributed by atoms with Crippen LogP contribution in [0.3, 0.4) is 0 Å². The number of methoxy groups -OCH3 is 1. The van der Waals surface area contributed by atoms with Gasteiger partial charge in [-0.05, 0) is 42.5 Å². The van der Waals surface area contributed by atoms with Crippen molar-refractivity contribution in [3.63, 3.8) is 0 Å². The molecule has 0 atom stereocenters. The van der Waals surface area contributed by atoms with E-state index in [1.165, 1.54) is 0 Å². The Kier molecular flexibility index (Phi) is 6.58. The number of benzene rings is 1. The maximum absolute atomic E-state index is 13.1. The number of aryl methyl sites for hydroxylation is 1. The third-order valence-electron chi connectivity index (χ3n) is 4.44. The topological polar surface area (TPSA) is 99.1 Å². The number of pyridine rings is 2. The molecule has 3 heterocycles. The minimum Gasteiger partial charge on any atom is -0.496 e. The maximum atomic E-state index is 13.1. The molecule has 0 fully saturated rings. The molecule has 0 aliphatic carbocycles. The number of anilines is 1. The second-order valence-corrected chi connectivity index (χ2v) is 8.03. The highest BCUT2D eigenvalue weighted by Crippen LogP contribution is 2.33. The van der Waals surface area contributed by atoms with Crippen molar-refractivity contribution >= 4 is 34.0 Å². The van der Waals surface area contributed by atoms with Gasteiger partial charge >= 0.3 is 0 Å². The molecule has 0 saturated carbocycles. The predicted molar refractivity (Wildman–Crippen MR) is 122 cm³/mol. The predicted octanol–water partition coefficient (Wildman–Crippen LogP) is 4.80. The van der Waals surface area contributed by atoms with Crippen molar-refractivity contribution in [3.05, 3.63) is 76.8 Å². The number of ether oxygens (including phenoxy) is 2. The van der Waals surface area contributed by atoms with Crippen molar-refractivity contribution in [2.75, 3.05) is 12.4 Å². The van der Waals surface area contributed by atoms with Crippen molar-refractivity contribution in [3.8, 4) is 22.1 Å². The van der Waals surface area contributed by atoms with Gasteiger partial charge in [-0.15, -0.1) is 5.10 Å². The largest absolute Gasteiger partial charge is 0.496 e. The summed E-state index contributed by atoms with van der Waals surface area (Å²) < 4.78 is 11.1. The van der Waals surface area contributed by atoms with Gasteiger partial charge in [0.2, 0.25) is 5.13 Å². The van der Waals surface area contributed by atoms with Gasteiger partial charge in [0.05, 0.1) is 23.4 Å². The van der Waals surface area contributed by atoms with E-state index in [-0.39, 0.29) is 12.5 Å². The molecule has 4 rings (SSSR count). The Morgan fingerprint density at radius 2 is 1.94 bits per heavy atom. The summed E-state index contributed by atoms with van der Waals surface area (Å²) in [6.07, 6.45) is 3.21. The Bertz CT molecular complexity index is 1250. The number of halogens is 1. The molecule has 0 unspecified atom stereocenters. The summed E-state index contributed by atoms with van der Waals surface area (Å²) in [5.41, 5.74) is 3.28. The van der Waals surface area contributed by atoms with Crippen molar-refractivity contribution in [2.24, 2.45) is 0 Å². The molecule has 4 aromatic rings. The van der Waals surface area contributed by atoms with Crippen molar-refractivity contribution in [1.29, 1.82) is 0 Å². The number of amides is 1. The maximum Gasteiger partial charge on any atom is 0.296 e. The number of carbonyl (C=O) groups excluding carboxylic acids is 1. The number of para-hydroxylation sites is 1. The van der Waals surface area contributed by atoms with Gasteiger partial charge in [-0.1, -0.05) is 34.9 Å². The fourth-order valence-corrected chi connectivity index (χ4v) is 3.64. The van der Waals surface area contributed by atoms with Crippen LogP contribution in [0.1, 0.15) is 21.7 Å². The van der Waals surface area contributed by atoms with Gasteiger partial charge in [0.1, 0.15) is 12.4 Å². The second-order valence-electron chi connectivity index (χ2n) is 6.66. The van der Waals surface area contributed by atoms with E-state index in [9.17, 15) is 4.79 Å². The van der Waals surface area contributed by atoms with Crippen molar-refractivity contribution < 1.29 is 14.3 Å². The summed E-state index contributed by atoms with van der Waals surface area (Å²) >= 11 is 6.95. The van der Waals surface area contributed by atoms with E-state index in [2.05, 4.69) is 25.5 Å². The third kappa shape index (κ3) is 5.01. The molecule has 0 aliphatic rings. The van der Waals surface area contributed by atoms with Crippen LogP contribution in [0.25, 0.3) is 11.1 Å². The van der Waals surface area contributed by atoms with Crippen LogP contribution in [0, 0.1) is 6.92 Å². The van der Waals surface area contributed by atoms with Crippen LogP contribution in [-0.2, 0) is 6.61 Å². The third-order valence-corrected chi connectivity index (χ3v) is 5.42. The molecule has 1 N–H and O–H groups in total. The summed E-state index contributed by atoms with van der Waals surface area (Å²) in [6, 6.07) is 12.7. The Balaban J connectivity index is 1.51. The van der Waals surface area contributed by atoms with Gasteiger partial charge in [0.15, 0.2) is 0 Å². The van der Waals surface area contributed by atoms with Crippen molar-refractivity contribution in [2.45, 2.75) is 13.5 Å². The number of hydrogen-bond donors (Lipinski definition) is 1. The minimum atomic E-state index is -0.335. The molecule has 1 aromatic carbocycles. The van der Waals surface area contributed by atoms with Gasteiger partial charge < -0.3 is 9.47 Å². The average molecular weight is 468 g/mol. The molecule has 0 radical (unpaired) electrons. The number of hydrogen-bond acceptors (Lipinski definition) is 8. The first kappa shape index (κ1) is 21.7. The lowest BCUT2D eigenvalue weighted by Crippen LogP contribution is -2.14. The summed E-state index contributed by atoms with van der Waals surface area (Å²) in [7, 11) is 1.59. The lowest BCUT2D eigenvalue weighted by Gasteiger charge is -2.12. The zero-order valence-corrected chi connectivity index (χ0v) is 18.8. The molecule has 0 saturated heterocycles.